The molecule has 1 rings (SSSR count). The van der Waals surface area contributed by atoms with Crippen LogP contribution in [-0.2, 0) is 4.74 Å². The summed E-state index contributed by atoms with van der Waals surface area (Å²) < 4.78 is 6.26. The second kappa shape index (κ2) is 14.3. The molecule has 1 heteroatoms. The molecule has 22 heavy (non-hydrogen) atoms. The number of unbranched alkanes of at least 4 members (excludes halogenated alkanes) is 10. The molecule has 0 saturated heterocycles. The standard InChI is InChI=1S/C21H40O/c1-3-5-7-9-11-13-16-20-18-15-19-21(22-20)17-14-12-10-8-6-4-2/h15,18,20-21H,3-14,16-17,19H2,1-2H3/t20-,21+/m1/s1. The largest absolute Gasteiger partial charge is 0.371 e. The summed E-state index contributed by atoms with van der Waals surface area (Å²) in [4.78, 5) is 0. The Bertz CT molecular complexity index is 259. The molecule has 1 aliphatic heterocycles. The Balaban J connectivity index is 1.99. The molecule has 0 fully saturated rings. The van der Waals surface area contributed by atoms with Crippen LogP contribution in [0.3, 0.4) is 0 Å². The van der Waals surface area contributed by atoms with Gasteiger partial charge in [0.2, 0.25) is 0 Å². The van der Waals surface area contributed by atoms with E-state index in [0.717, 1.165) is 6.42 Å². The first-order valence-electron chi connectivity index (χ1n) is 10.2. The fraction of sp³-hybridized carbons (Fsp3) is 0.905. The van der Waals surface area contributed by atoms with E-state index in [1.54, 1.807) is 0 Å². The number of hydrogen-bond acceptors (Lipinski definition) is 1. The van der Waals surface area contributed by atoms with Crippen molar-refractivity contribution in [1.29, 1.82) is 0 Å². The van der Waals surface area contributed by atoms with E-state index < -0.39 is 0 Å². The van der Waals surface area contributed by atoms with E-state index in [4.69, 9.17) is 4.74 Å². The molecule has 0 saturated carbocycles. The minimum absolute atomic E-state index is 0.407. The summed E-state index contributed by atoms with van der Waals surface area (Å²) in [5.74, 6) is 0. The number of rotatable bonds is 14. The van der Waals surface area contributed by atoms with E-state index >= 15 is 0 Å². The maximum Gasteiger partial charge on any atom is 0.0759 e. The first kappa shape index (κ1) is 19.7. The van der Waals surface area contributed by atoms with Crippen LogP contribution in [-0.4, -0.2) is 12.2 Å². The van der Waals surface area contributed by atoms with Gasteiger partial charge in [0.05, 0.1) is 12.2 Å². The molecule has 2 atom stereocenters. The summed E-state index contributed by atoms with van der Waals surface area (Å²) in [6.07, 6.45) is 25.8. The quantitative estimate of drug-likeness (QED) is 0.243. The van der Waals surface area contributed by atoms with Gasteiger partial charge in [0.15, 0.2) is 0 Å². The molecule has 0 bridgehead atoms. The Morgan fingerprint density at radius 1 is 0.727 bits per heavy atom. The summed E-state index contributed by atoms with van der Waals surface area (Å²) in [5.41, 5.74) is 0. The van der Waals surface area contributed by atoms with Gasteiger partial charge in [0.25, 0.3) is 0 Å². The molecular formula is C21H40O. The monoisotopic (exact) mass is 308 g/mol. The average molecular weight is 309 g/mol. The zero-order chi connectivity index (χ0) is 15.9. The highest BCUT2D eigenvalue weighted by atomic mass is 16.5. The predicted molar refractivity (Wildman–Crippen MR) is 98.4 cm³/mol. The van der Waals surface area contributed by atoms with Gasteiger partial charge in [0, 0.05) is 0 Å². The lowest BCUT2D eigenvalue weighted by molar-refractivity contribution is -0.00434. The average Bonchev–Trinajstić information content (AvgIpc) is 2.54. The van der Waals surface area contributed by atoms with Crippen molar-refractivity contribution in [2.24, 2.45) is 0 Å². The second-order valence-corrected chi connectivity index (χ2v) is 7.07. The number of ether oxygens (including phenoxy) is 1. The molecule has 1 nitrogen and oxygen atoms in total. The van der Waals surface area contributed by atoms with Crippen molar-refractivity contribution < 1.29 is 4.74 Å². The normalized spacial score (nSPS) is 21.4. The molecule has 0 spiro atoms. The molecule has 0 N–H and O–H groups in total. The maximum atomic E-state index is 6.26. The van der Waals surface area contributed by atoms with Crippen molar-refractivity contribution in [3.63, 3.8) is 0 Å². The van der Waals surface area contributed by atoms with Crippen LogP contribution < -0.4 is 0 Å². The van der Waals surface area contributed by atoms with Gasteiger partial charge < -0.3 is 4.74 Å². The van der Waals surface area contributed by atoms with Crippen LogP contribution in [0.1, 0.15) is 110 Å². The predicted octanol–water partition coefficient (Wildman–Crippen LogP) is 7.20. The van der Waals surface area contributed by atoms with E-state index in [2.05, 4.69) is 26.0 Å². The third-order valence-electron chi connectivity index (χ3n) is 4.84. The van der Waals surface area contributed by atoms with Gasteiger partial charge in [-0.1, -0.05) is 103 Å². The van der Waals surface area contributed by atoms with Crippen LogP contribution in [0, 0.1) is 0 Å². The van der Waals surface area contributed by atoms with E-state index in [9.17, 15) is 0 Å². The van der Waals surface area contributed by atoms with E-state index in [1.165, 1.54) is 89.9 Å². The molecular weight excluding hydrogens is 268 g/mol. The molecule has 0 aromatic heterocycles. The van der Waals surface area contributed by atoms with Gasteiger partial charge in [0.1, 0.15) is 0 Å². The third kappa shape index (κ3) is 10.4. The Hall–Kier alpha value is -0.300. The second-order valence-electron chi connectivity index (χ2n) is 7.07. The fourth-order valence-corrected chi connectivity index (χ4v) is 3.36. The van der Waals surface area contributed by atoms with Crippen LogP contribution in [0.15, 0.2) is 12.2 Å². The van der Waals surface area contributed by atoms with Crippen LogP contribution in [0.2, 0.25) is 0 Å². The first-order chi connectivity index (χ1) is 10.9. The molecule has 0 aromatic carbocycles. The van der Waals surface area contributed by atoms with Crippen LogP contribution >= 0.6 is 0 Å². The first-order valence-corrected chi connectivity index (χ1v) is 10.2. The molecule has 130 valence electrons. The SMILES string of the molecule is CCCCCCCC[C@H]1CC=C[C@@H](CCCCCCCC)O1. The Labute approximate surface area is 139 Å². The Morgan fingerprint density at radius 2 is 1.27 bits per heavy atom. The zero-order valence-electron chi connectivity index (χ0n) is 15.3. The summed E-state index contributed by atoms with van der Waals surface area (Å²) in [6.45, 7) is 4.57. The maximum absolute atomic E-state index is 6.26. The summed E-state index contributed by atoms with van der Waals surface area (Å²) >= 11 is 0. The van der Waals surface area contributed by atoms with Gasteiger partial charge in [-0.25, -0.2) is 0 Å². The highest BCUT2D eigenvalue weighted by Gasteiger charge is 2.17. The summed E-state index contributed by atoms with van der Waals surface area (Å²) in [6, 6.07) is 0. The lowest BCUT2D eigenvalue weighted by atomic mass is 10.0. The van der Waals surface area contributed by atoms with Crippen molar-refractivity contribution >= 4 is 0 Å². The van der Waals surface area contributed by atoms with Crippen LogP contribution in [0.25, 0.3) is 0 Å². The topological polar surface area (TPSA) is 9.23 Å². The minimum Gasteiger partial charge on any atom is -0.371 e. The lowest BCUT2D eigenvalue weighted by Gasteiger charge is -2.26. The van der Waals surface area contributed by atoms with Crippen LogP contribution in [0.5, 0.6) is 0 Å². The van der Waals surface area contributed by atoms with Crippen molar-refractivity contribution in [2.75, 3.05) is 0 Å². The molecule has 1 aliphatic rings. The van der Waals surface area contributed by atoms with Crippen molar-refractivity contribution in [2.45, 2.75) is 122 Å². The Morgan fingerprint density at radius 3 is 1.91 bits per heavy atom. The highest BCUT2D eigenvalue weighted by molar-refractivity contribution is 4.96. The molecule has 1 heterocycles. The van der Waals surface area contributed by atoms with Gasteiger partial charge >= 0.3 is 0 Å². The van der Waals surface area contributed by atoms with Crippen molar-refractivity contribution in [3.05, 3.63) is 12.2 Å². The molecule has 0 amide bonds. The van der Waals surface area contributed by atoms with Crippen molar-refractivity contribution in [1.82, 2.24) is 0 Å². The molecule has 0 radical (unpaired) electrons. The molecule has 0 aliphatic carbocycles. The third-order valence-corrected chi connectivity index (χ3v) is 4.84. The summed E-state index contributed by atoms with van der Waals surface area (Å²) in [7, 11) is 0. The zero-order valence-corrected chi connectivity index (χ0v) is 15.3. The molecule has 0 aromatic rings. The van der Waals surface area contributed by atoms with E-state index in [1.807, 2.05) is 0 Å². The lowest BCUT2D eigenvalue weighted by Crippen LogP contribution is -2.24. The van der Waals surface area contributed by atoms with Gasteiger partial charge in [-0.05, 0) is 19.3 Å². The highest BCUT2D eigenvalue weighted by Crippen LogP contribution is 2.22. The minimum atomic E-state index is 0.407. The van der Waals surface area contributed by atoms with Gasteiger partial charge in [-0.2, -0.15) is 0 Å². The Kier molecular flexibility index (Phi) is 12.8. The van der Waals surface area contributed by atoms with Gasteiger partial charge in [-0.3, -0.25) is 0 Å². The summed E-state index contributed by atoms with van der Waals surface area (Å²) in [5, 5.41) is 0. The number of hydrogen-bond donors (Lipinski definition) is 0. The smallest absolute Gasteiger partial charge is 0.0759 e. The van der Waals surface area contributed by atoms with E-state index in [0.29, 0.717) is 12.2 Å². The van der Waals surface area contributed by atoms with E-state index in [-0.39, 0.29) is 0 Å². The van der Waals surface area contributed by atoms with Crippen LogP contribution in [0.4, 0.5) is 0 Å². The van der Waals surface area contributed by atoms with Gasteiger partial charge in [-0.15, -0.1) is 0 Å². The molecule has 0 unspecified atom stereocenters. The fourth-order valence-electron chi connectivity index (χ4n) is 3.36. The van der Waals surface area contributed by atoms with Crippen molar-refractivity contribution in [3.8, 4) is 0 Å².